The second kappa shape index (κ2) is 7.80. The number of amides is 1. The Morgan fingerprint density at radius 3 is 2.62 bits per heavy atom. The quantitative estimate of drug-likeness (QED) is 0.563. The first-order valence-corrected chi connectivity index (χ1v) is 9.20. The van der Waals surface area contributed by atoms with Gasteiger partial charge in [-0.05, 0) is 29.8 Å². The van der Waals surface area contributed by atoms with E-state index in [9.17, 15) is 14.0 Å². The number of thiophene rings is 1. The third kappa shape index (κ3) is 3.68. The Balaban J connectivity index is 2.01. The van der Waals surface area contributed by atoms with E-state index in [1.54, 1.807) is 11.4 Å². The summed E-state index contributed by atoms with van der Waals surface area (Å²) in [4.78, 5) is 24.7. The molecule has 7 heteroatoms. The van der Waals surface area contributed by atoms with Gasteiger partial charge in [-0.1, -0.05) is 40.2 Å². The number of benzene rings is 2. The number of methoxy groups -OCH3 is 1. The number of nitrogens with one attached hydrogen (secondary N) is 1. The van der Waals surface area contributed by atoms with Crippen LogP contribution < -0.4 is 5.32 Å². The SMILES string of the molecule is COC(=O)c1c(-c2cccc(Br)c2)csc1NC(=O)c1ccccc1F. The maximum atomic E-state index is 13.8. The first-order valence-electron chi connectivity index (χ1n) is 7.53. The van der Waals surface area contributed by atoms with Gasteiger partial charge in [0.05, 0.1) is 12.7 Å². The number of rotatable bonds is 4. The Morgan fingerprint density at radius 1 is 1.15 bits per heavy atom. The van der Waals surface area contributed by atoms with E-state index in [2.05, 4.69) is 21.2 Å². The first kappa shape index (κ1) is 18.3. The van der Waals surface area contributed by atoms with E-state index < -0.39 is 17.7 Å². The summed E-state index contributed by atoms with van der Waals surface area (Å²) in [5, 5.41) is 4.68. The lowest BCUT2D eigenvalue weighted by atomic mass is 10.0. The smallest absolute Gasteiger partial charge is 0.341 e. The highest BCUT2D eigenvalue weighted by atomic mass is 79.9. The number of esters is 1. The van der Waals surface area contributed by atoms with Gasteiger partial charge in [0.2, 0.25) is 0 Å². The standard InChI is InChI=1S/C19H13BrFNO3S/c1-25-19(24)16-14(11-5-4-6-12(20)9-11)10-26-18(16)22-17(23)13-7-2-3-8-15(13)21/h2-10H,1H3,(H,22,23). The molecule has 0 saturated carbocycles. The zero-order valence-corrected chi connectivity index (χ0v) is 16.0. The van der Waals surface area contributed by atoms with E-state index in [4.69, 9.17) is 4.74 Å². The van der Waals surface area contributed by atoms with Crippen LogP contribution in [0.5, 0.6) is 0 Å². The van der Waals surface area contributed by atoms with Gasteiger partial charge in [0.15, 0.2) is 0 Å². The highest BCUT2D eigenvalue weighted by Gasteiger charge is 2.23. The van der Waals surface area contributed by atoms with Gasteiger partial charge in [-0.25, -0.2) is 9.18 Å². The molecule has 0 aliphatic rings. The lowest BCUT2D eigenvalue weighted by Gasteiger charge is -2.08. The Bertz CT molecular complexity index is 986. The van der Waals surface area contributed by atoms with Crippen LogP contribution in [0.3, 0.4) is 0 Å². The summed E-state index contributed by atoms with van der Waals surface area (Å²) in [6, 6.07) is 13.1. The van der Waals surface area contributed by atoms with E-state index in [0.29, 0.717) is 10.6 Å². The molecule has 0 radical (unpaired) electrons. The van der Waals surface area contributed by atoms with Crippen molar-refractivity contribution in [1.82, 2.24) is 0 Å². The molecule has 1 amide bonds. The molecule has 1 N–H and O–H groups in total. The molecule has 3 aromatic rings. The Kier molecular flexibility index (Phi) is 5.49. The van der Waals surface area contributed by atoms with Crippen molar-refractivity contribution in [3.63, 3.8) is 0 Å². The molecule has 26 heavy (non-hydrogen) atoms. The summed E-state index contributed by atoms with van der Waals surface area (Å²) in [6.07, 6.45) is 0. The molecule has 0 atom stereocenters. The normalized spacial score (nSPS) is 10.4. The van der Waals surface area contributed by atoms with Gasteiger partial charge in [0.25, 0.3) is 5.91 Å². The molecule has 0 spiro atoms. The fraction of sp³-hybridized carbons (Fsp3) is 0.0526. The van der Waals surface area contributed by atoms with Crippen LogP contribution in [0.1, 0.15) is 20.7 Å². The summed E-state index contributed by atoms with van der Waals surface area (Å²) >= 11 is 4.58. The fourth-order valence-electron chi connectivity index (χ4n) is 2.44. The number of ether oxygens (including phenoxy) is 1. The second-order valence-corrected chi connectivity index (χ2v) is 7.08. The Hall–Kier alpha value is -2.51. The minimum Gasteiger partial charge on any atom is -0.465 e. The van der Waals surface area contributed by atoms with Crippen LogP contribution in [-0.2, 0) is 4.74 Å². The van der Waals surface area contributed by atoms with Gasteiger partial charge in [-0.15, -0.1) is 11.3 Å². The molecule has 3 rings (SSSR count). The maximum Gasteiger partial charge on any atom is 0.341 e. The van der Waals surface area contributed by atoms with Crippen LogP contribution in [-0.4, -0.2) is 19.0 Å². The summed E-state index contributed by atoms with van der Waals surface area (Å²) in [7, 11) is 1.27. The summed E-state index contributed by atoms with van der Waals surface area (Å²) in [5.41, 5.74) is 1.57. The summed E-state index contributed by atoms with van der Waals surface area (Å²) in [6.45, 7) is 0. The number of carbonyl (C=O) groups is 2. The van der Waals surface area contributed by atoms with Crippen molar-refractivity contribution in [2.24, 2.45) is 0 Å². The molecule has 132 valence electrons. The molecule has 1 aromatic heterocycles. The van der Waals surface area contributed by atoms with Crippen LogP contribution in [0.15, 0.2) is 58.4 Å². The van der Waals surface area contributed by atoms with Gasteiger partial charge in [0, 0.05) is 15.4 Å². The maximum absolute atomic E-state index is 13.8. The minimum atomic E-state index is -0.631. The molecule has 1 heterocycles. The molecule has 0 aliphatic carbocycles. The van der Waals surface area contributed by atoms with Crippen LogP contribution in [0.2, 0.25) is 0 Å². The highest BCUT2D eigenvalue weighted by Crippen LogP contribution is 2.37. The van der Waals surface area contributed by atoms with Gasteiger partial charge in [-0.3, -0.25) is 4.79 Å². The van der Waals surface area contributed by atoms with E-state index >= 15 is 0 Å². The van der Waals surface area contributed by atoms with Crippen LogP contribution in [0.25, 0.3) is 11.1 Å². The molecule has 2 aromatic carbocycles. The van der Waals surface area contributed by atoms with E-state index in [1.165, 1.54) is 36.6 Å². The number of carbonyl (C=O) groups excluding carboxylic acids is 2. The third-order valence-corrected chi connectivity index (χ3v) is 5.05. The van der Waals surface area contributed by atoms with Crippen molar-refractivity contribution in [1.29, 1.82) is 0 Å². The minimum absolute atomic E-state index is 0.0966. The van der Waals surface area contributed by atoms with Crippen LogP contribution >= 0.6 is 27.3 Å². The summed E-state index contributed by atoms with van der Waals surface area (Å²) in [5.74, 6) is -1.84. The van der Waals surface area contributed by atoms with Gasteiger partial charge < -0.3 is 10.1 Å². The van der Waals surface area contributed by atoms with Crippen molar-refractivity contribution < 1.29 is 18.7 Å². The van der Waals surface area contributed by atoms with Gasteiger partial charge in [-0.2, -0.15) is 0 Å². The number of anilines is 1. The van der Waals surface area contributed by atoms with Gasteiger partial charge >= 0.3 is 5.97 Å². The molecule has 0 saturated heterocycles. The average Bonchev–Trinajstić information content (AvgIpc) is 3.05. The van der Waals surface area contributed by atoms with E-state index in [1.807, 2.05) is 24.3 Å². The molecule has 0 fully saturated rings. The van der Waals surface area contributed by atoms with Crippen LogP contribution in [0.4, 0.5) is 9.39 Å². The zero-order chi connectivity index (χ0) is 18.7. The van der Waals surface area contributed by atoms with E-state index in [0.717, 1.165) is 10.0 Å². The predicted octanol–water partition coefficient (Wildman–Crippen LogP) is 5.36. The fourth-order valence-corrected chi connectivity index (χ4v) is 3.79. The number of hydrogen-bond acceptors (Lipinski definition) is 4. The average molecular weight is 434 g/mol. The zero-order valence-electron chi connectivity index (χ0n) is 13.6. The summed E-state index contributed by atoms with van der Waals surface area (Å²) < 4.78 is 19.6. The van der Waals surface area contributed by atoms with E-state index in [-0.39, 0.29) is 11.1 Å². The molecule has 0 bridgehead atoms. The number of halogens is 2. The predicted molar refractivity (Wildman–Crippen MR) is 103 cm³/mol. The first-order chi connectivity index (χ1) is 12.5. The molecule has 0 aliphatic heterocycles. The van der Waals surface area contributed by atoms with Crippen LogP contribution in [0, 0.1) is 5.82 Å². The third-order valence-electron chi connectivity index (χ3n) is 3.66. The monoisotopic (exact) mass is 433 g/mol. The lowest BCUT2D eigenvalue weighted by Crippen LogP contribution is -2.15. The Labute approximate surface area is 161 Å². The van der Waals surface area contributed by atoms with Crippen molar-refractivity contribution in [2.75, 3.05) is 12.4 Å². The molecule has 4 nitrogen and oxygen atoms in total. The van der Waals surface area contributed by atoms with Gasteiger partial charge in [0.1, 0.15) is 16.4 Å². The molecule has 0 unspecified atom stereocenters. The topological polar surface area (TPSA) is 55.4 Å². The molecular weight excluding hydrogens is 421 g/mol. The van der Waals surface area contributed by atoms with Crippen molar-refractivity contribution >= 4 is 44.1 Å². The van der Waals surface area contributed by atoms with Crippen molar-refractivity contribution in [2.45, 2.75) is 0 Å². The molecular formula is C19H13BrFNO3S. The Morgan fingerprint density at radius 2 is 1.92 bits per heavy atom. The van der Waals surface area contributed by atoms with Crippen molar-refractivity contribution in [3.8, 4) is 11.1 Å². The second-order valence-electron chi connectivity index (χ2n) is 5.29. The van der Waals surface area contributed by atoms with Crippen molar-refractivity contribution in [3.05, 3.63) is 75.3 Å². The highest BCUT2D eigenvalue weighted by molar-refractivity contribution is 9.10. The number of hydrogen-bond donors (Lipinski definition) is 1. The lowest BCUT2D eigenvalue weighted by molar-refractivity contribution is 0.0603. The largest absolute Gasteiger partial charge is 0.465 e.